The van der Waals surface area contributed by atoms with E-state index >= 15 is 0 Å². The SMILES string of the molecule is COC(=O)C1CCN(c2ccc([N+](=O)[O-])c(C#N)c2)C1. The van der Waals surface area contributed by atoms with Gasteiger partial charge in [0, 0.05) is 24.8 Å². The molecule has 0 amide bonds. The molecule has 0 aromatic heterocycles. The van der Waals surface area contributed by atoms with Crippen LogP contribution in [0.4, 0.5) is 11.4 Å². The Kier molecular flexibility index (Phi) is 3.84. The van der Waals surface area contributed by atoms with Crippen molar-refractivity contribution in [2.24, 2.45) is 5.92 Å². The van der Waals surface area contributed by atoms with Gasteiger partial charge in [-0.15, -0.1) is 0 Å². The molecule has 0 bridgehead atoms. The van der Waals surface area contributed by atoms with Crippen LogP contribution in [0.3, 0.4) is 0 Å². The molecule has 7 heteroatoms. The average Bonchev–Trinajstić information content (AvgIpc) is 2.95. The standard InChI is InChI=1S/C13H13N3O4/c1-20-13(17)9-4-5-15(8-9)11-2-3-12(16(18)19)10(6-11)7-14/h2-3,6,9H,4-5,8H2,1H3. The highest BCUT2D eigenvalue weighted by molar-refractivity contribution is 5.74. The molecule has 1 aliphatic rings. The summed E-state index contributed by atoms with van der Waals surface area (Å²) in [5.41, 5.74) is 0.521. The number of hydrogen-bond acceptors (Lipinski definition) is 6. The van der Waals surface area contributed by atoms with E-state index in [1.165, 1.54) is 19.2 Å². The number of rotatable bonds is 3. The number of carbonyl (C=O) groups excluding carboxylic acids is 1. The summed E-state index contributed by atoms with van der Waals surface area (Å²) in [6.45, 7) is 1.15. The number of benzene rings is 1. The Labute approximate surface area is 115 Å². The van der Waals surface area contributed by atoms with Crippen molar-refractivity contribution in [3.8, 4) is 6.07 Å². The second-order valence-electron chi connectivity index (χ2n) is 4.53. The summed E-state index contributed by atoms with van der Waals surface area (Å²) in [5.74, 6) is -0.448. The Morgan fingerprint density at radius 3 is 2.95 bits per heavy atom. The van der Waals surface area contributed by atoms with E-state index in [0.29, 0.717) is 25.2 Å². The second kappa shape index (κ2) is 5.57. The van der Waals surface area contributed by atoms with Gasteiger partial charge in [-0.25, -0.2) is 0 Å². The van der Waals surface area contributed by atoms with Crippen LogP contribution < -0.4 is 4.90 Å². The van der Waals surface area contributed by atoms with Crippen molar-refractivity contribution < 1.29 is 14.5 Å². The van der Waals surface area contributed by atoms with Gasteiger partial charge < -0.3 is 9.64 Å². The summed E-state index contributed by atoms with van der Waals surface area (Å²) in [4.78, 5) is 23.6. The highest BCUT2D eigenvalue weighted by Gasteiger charge is 2.29. The fraction of sp³-hybridized carbons (Fsp3) is 0.385. The minimum Gasteiger partial charge on any atom is -0.469 e. The first-order valence-electron chi connectivity index (χ1n) is 6.08. The quantitative estimate of drug-likeness (QED) is 0.470. The number of nitrogens with zero attached hydrogens (tertiary/aromatic N) is 3. The largest absolute Gasteiger partial charge is 0.469 e. The first-order chi connectivity index (χ1) is 9.56. The summed E-state index contributed by atoms with van der Waals surface area (Å²) >= 11 is 0. The fourth-order valence-electron chi connectivity index (χ4n) is 2.32. The van der Waals surface area contributed by atoms with Gasteiger partial charge in [0.25, 0.3) is 5.69 Å². The smallest absolute Gasteiger partial charge is 0.310 e. The number of carbonyl (C=O) groups is 1. The maximum absolute atomic E-state index is 11.5. The maximum atomic E-state index is 11.5. The van der Waals surface area contributed by atoms with Gasteiger partial charge in [-0.1, -0.05) is 0 Å². The van der Waals surface area contributed by atoms with Crippen LogP contribution in [0.1, 0.15) is 12.0 Å². The van der Waals surface area contributed by atoms with E-state index in [4.69, 9.17) is 10.00 Å². The lowest BCUT2D eigenvalue weighted by Gasteiger charge is -2.18. The topological polar surface area (TPSA) is 96.5 Å². The molecule has 1 fully saturated rings. The molecular weight excluding hydrogens is 262 g/mol. The minimum absolute atomic E-state index is 0.0222. The van der Waals surface area contributed by atoms with Crippen LogP contribution in [-0.4, -0.2) is 31.1 Å². The fourth-order valence-corrected chi connectivity index (χ4v) is 2.32. The number of esters is 1. The summed E-state index contributed by atoms with van der Waals surface area (Å²) in [7, 11) is 1.35. The van der Waals surface area contributed by atoms with E-state index < -0.39 is 4.92 Å². The van der Waals surface area contributed by atoms with Gasteiger partial charge in [0.1, 0.15) is 11.6 Å². The molecule has 1 heterocycles. The molecule has 1 atom stereocenters. The van der Waals surface area contributed by atoms with Gasteiger partial charge in [0.2, 0.25) is 0 Å². The molecular formula is C13H13N3O4. The lowest BCUT2D eigenvalue weighted by atomic mass is 10.1. The van der Waals surface area contributed by atoms with Crippen LogP contribution in [0.2, 0.25) is 0 Å². The Morgan fingerprint density at radius 1 is 1.60 bits per heavy atom. The number of nitro groups is 1. The highest BCUT2D eigenvalue weighted by Crippen LogP contribution is 2.28. The van der Waals surface area contributed by atoms with Crippen molar-refractivity contribution >= 4 is 17.3 Å². The van der Waals surface area contributed by atoms with E-state index in [1.807, 2.05) is 11.0 Å². The number of ether oxygens (including phenoxy) is 1. The Bertz CT molecular complexity index is 594. The predicted molar refractivity (Wildman–Crippen MR) is 70.1 cm³/mol. The Hall–Kier alpha value is -2.62. The normalized spacial score (nSPS) is 17.6. The molecule has 1 aromatic carbocycles. The summed E-state index contributed by atoms with van der Waals surface area (Å²) in [6, 6.07) is 6.22. The molecule has 104 valence electrons. The van der Waals surface area contributed by atoms with Crippen LogP contribution in [0.5, 0.6) is 0 Å². The molecule has 1 aromatic rings. The van der Waals surface area contributed by atoms with E-state index in [9.17, 15) is 14.9 Å². The van der Waals surface area contributed by atoms with Gasteiger partial charge in [0.15, 0.2) is 0 Å². The van der Waals surface area contributed by atoms with Crippen LogP contribution in [-0.2, 0) is 9.53 Å². The van der Waals surface area contributed by atoms with Gasteiger partial charge in [-0.3, -0.25) is 14.9 Å². The number of anilines is 1. The molecule has 20 heavy (non-hydrogen) atoms. The molecule has 0 N–H and O–H groups in total. The summed E-state index contributed by atoms with van der Waals surface area (Å²) in [6.07, 6.45) is 0.672. The monoisotopic (exact) mass is 275 g/mol. The number of nitro benzene ring substituents is 1. The summed E-state index contributed by atoms with van der Waals surface area (Å²) in [5, 5.41) is 19.7. The van der Waals surface area contributed by atoms with E-state index in [-0.39, 0.29) is 23.1 Å². The molecule has 0 spiro atoms. The average molecular weight is 275 g/mol. The lowest BCUT2D eigenvalue weighted by molar-refractivity contribution is -0.385. The number of hydrogen-bond donors (Lipinski definition) is 0. The third-order valence-corrected chi connectivity index (χ3v) is 3.39. The van der Waals surface area contributed by atoms with E-state index in [2.05, 4.69) is 0 Å². The van der Waals surface area contributed by atoms with E-state index in [1.54, 1.807) is 6.07 Å². The van der Waals surface area contributed by atoms with Crippen molar-refractivity contribution in [2.75, 3.05) is 25.1 Å². The van der Waals surface area contributed by atoms with Crippen LogP contribution in [0.15, 0.2) is 18.2 Å². The molecule has 2 rings (SSSR count). The van der Waals surface area contributed by atoms with E-state index in [0.717, 1.165) is 0 Å². The predicted octanol–water partition coefficient (Wildman–Crippen LogP) is 1.47. The van der Waals surface area contributed by atoms with Crippen molar-refractivity contribution in [1.82, 2.24) is 0 Å². The zero-order valence-electron chi connectivity index (χ0n) is 10.9. The Morgan fingerprint density at radius 2 is 2.35 bits per heavy atom. The second-order valence-corrected chi connectivity index (χ2v) is 4.53. The third kappa shape index (κ3) is 2.54. The zero-order chi connectivity index (χ0) is 14.7. The van der Waals surface area contributed by atoms with Crippen molar-refractivity contribution in [2.45, 2.75) is 6.42 Å². The Balaban J connectivity index is 2.21. The highest BCUT2D eigenvalue weighted by atomic mass is 16.6. The molecule has 1 aliphatic heterocycles. The van der Waals surface area contributed by atoms with Crippen molar-refractivity contribution in [3.63, 3.8) is 0 Å². The van der Waals surface area contributed by atoms with Crippen LogP contribution in [0, 0.1) is 27.4 Å². The van der Waals surface area contributed by atoms with Gasteiger partial charge in [0.05, 0.1) is 18.0 Å². The summed E-state index contributed by atoms with van der Waals surface area (Å²) < 4.78 is 4.71. The molecule has 1 unspecified atom stereocenters. The van der Waals surface area contributed by atoms with Crippen molar-refractivity contribution in [3.05, 3.63) is 33.9 Å². The van der Waals surface area contributed by atoms with Gasteiger partial charge >= 0.3 is 5.97 Å². The first-order valence-corrected chi connectivity index (χ1v) is 6.08. The third-order valence-electron chi connectivity index (χ3n) is 3.39. The van der Waals surface area contributed by atoms with Gasteiger partial charge in [-0.05, 0) is 18.6 Å². The first kappa shape index (κ1) is 13.8. The maximum Gasteiger partial charge on any atom is 0.310 e. The zero-order valence-corrected chi connectivity index (χ0v) is 10.9. The molecule has 7 nitrogen and oxygen atoms in total. The lowest BCUT2D eigenvalue weighted by Crippen LogP contribution is -2.23. The van der Waals surface area contributed by atoms with Crippen molar-refractivity contribution in [1.29, 1.82) is 5.26 Å². The van der Waals surface area contributed by atoms with Crippen LogP contribution in [0.25, 0.3) is 0 Å². The minimum atomic E-state index is -0.580. The molecule has 0 radical (unpaired) electrons. The van der Waals surface area contributed by atoms with Gasteiger partial charge in [-0.2, -0.15) is 5.26 Å². The molecule has 0 saturated carbocycles. The van der Waals surface area contributed by atoms with Crippen LogP contribution >= 0.6 is 0 Å². The number of methoxy groups -OCH3 is 1. The molecule has 0 aliphatic carbocycles. The number of nitriles is 1. The molecule has 1 saturated heterocycles.